The lowest BCUT2D eigenvalue weighted by Crippen LogP contribution is -2.77. The van der Waals surface area contributed by atoms with Crippen molar-refractivity contribution in [1.29, 1.82) is 0 Å². The summed E-state index contributed by atoms with van der Waals surface area (Å²) in [4.78, 5) is 12.4. The number of carbonyl (C=O) groups excluding carboxylic acids is 1. The molecule has 0 unspecified atom stereocenters. The van der Waals surface area contributed by atoms with E-state index in [1.54, 1.807) is 19.9 Å². The Hall–Kier alpha value is -1.03. The number of rotatable bonds is 0. The highest BCUT2D eigenvalue weighted by Gasteiger charge is 2.83. The van der Waals surface area contributed by atoms with Crippen LogP contribution in [0.5, 0.6) is 0 Å². The molecule has 156 valence electrons. The van der Waals surface area contributed by atoms with E-state index in [0.29, 0.717) is 6.42 Å². The number of hydrogen-bond acceptors (Lipinski definition) is 8. The van der Waals surface area contributed by atoms with Gasteiger partial charge in [-0.15, -0.1) is 0 Å². The van der Waals surface area contributed by atoms with Crippen molar-refractivity contribution in [1.82, 2.24) is 0 Å². The summed E-state index contributed by atoms with van der Waals surface area (Å²) in [5, 5.41) is 54.8. The van der Waals surface area contributed by atoms with Gasteiger partial charge in [-0.25, -0.2) is 4.79 Å². The van der Waals surface area contributed by atoms with E-state index < -0.39 is 70.9 Å². The Labute approximate surface area is 162 Å². The summed E-state index contributed by atoms with van der Waals surface area (Å²) in [5.41, 5.74) is -1.15. The Bertz CT molecular complexity index is 767. The van der Waals surface area contributed by atoms with E-state index in [4.69, 9.17) is 9.47 Å². The van der Waals surface area contributed by atoms with Crippen molar-refractivity contribution in [3.8, 4) is 0 Å². The molecule has 8 nitrogen and oxygen atoms in total. The number of esters is 1. The largest absolute Gasteiger partial charge is 0.460 e. The predicted octanol–water partition coefficient (Wildman–Crippen LogP) is -1.07. The predicted molar refractivity (Wildman–Crippen MR) is 93.4 cm³/mol. The quantitative estimate of drug-likeness (QED) is 0.258. The smallest absolute Gasteiger partial charge is 0.335 e. The average molecular weight is 396 g/mol. The monoisotopic (exact) mass is 396 g/mol. The van der Waals surface area contributed by atoms with Crippen LogP contribution < -0.4 is 0 Å². The fourth-order valence-corrected chi connectivity index (χ4v) is 7.80. The Morgan fingerprint density at radius 2 is 1.86 bits per heavy atom. The molecule has 0 aromatic carbocycles. The van der Waals surface area contributed by atoms with Gasteiger partial charge in [-0.05, 0) is 25.2 Å². The summed E-state index contributed by atoms with van der Waals surface area (Å²) >= 11 is 0. The normalized spacial score (nSPS) is 62.5. The van der Waals surface area contributed by atoms with E-state index >= 15 is 0 Å². The van der Waals surface area contributed by atoms with Gasteiger partial charge in [0, 0.05) is 22.7 Å². The van der Waals surface area contributed by atoms with Gasteiger partial charge >= 0.3 is 5.97 Å². The van der Waals surface area contributed by atoms with Crippen LogP contribution in [-0.2, 0) is 14.3 Å². The lowest BCUT2D eigenvalue weighted by molar-refractivity contribution is -0.344. The summed E-state index contributed by atoms with van der Waals surface area (Å²) in [7, 11) is 0. The molecule has 0 amide bonds. The maximum absolute atomic E-state index is 12.4. The molecule has 5 aliphatic rings. The lowest BCUT2D eigenvalue weighted by Gasteiger charge is -2.68. The van der Waals surface area contributed by atoms with Gasteiger partial charge in [0.2, 0.25) is 0 Å². The molecule has 2 saturated carbocycles. The van der Waals surface area contributed by atoms with Crippen LogP contribution in [0.1, 0.15) is 27.2 Å². The maximum atomic E-state index is 12.4. The fraction of sp³-hybridized carbons (Fsp3) is 0.850. The molecule has 5 N–H and O–H groups in total. The van der Waals surface area contributed by atoms with Gasteiger partial charge in [0.25, 0.3) is 0 Å². The summed E-state index contributed by atoms with van der Waals surface area (Å²) in [5.74, 6) is -5.11. The summed E-state index contributed by atoms with van der Waals surface area (Å²) < 4.78 is 11.5. The van der Waals surface area contributed by atoms with Crippen molar-refractivity contribution in [2.75, 3.05) is 6.61 Å². The number of ether oxygens (including phenoxy) is 2. The van der Waals surface area contributed by atoms with Crippen molar-refractivity contribution < 1.29 is 39.8 Å². The van der Waals surface area contributed by atoms with Crippen LogP contribution in [0.3, 0.4) is 0 Å². The second-order valence-electron chi connectivity index (χ2n) is 9.79. The molecule has 28 heavy (non-hydrogen) atoms. The molecular weight excluding hydrogens is 368 g/mol. The Balaban J connectivity index is 1.78. The SMILES string of the molecule is CC1=C[C@H](O)[C@H](O)[C@]2(C)[C@H]3[C@@]4(O)OC[C@]35[C@H]([C@H](C)[C@H]4O)[C@H](O)C(=O)O[C@H]5C[C@@H]12. The molecule has 8 heteroatoms. The van der Waals surface area contributed by atoms with Gasteiger partial charge in [0.15, 0.2) is 11.9 Å². The van der Waals surface area contributed by atoms with Crippen LogP contribution in [0.15, 0.2) is 11.6 Å². The first-order valence-corrected chi connectivity index (χ1v) is 9.98. The van der Waals surface area contributed by atoms with Crippen LogP contribution in [0.25, 0.3) is 0 Å². The molecule has 2 bridgehead atoms. The molecule has 2 aliphatic heterocycles. The summed E-state index contributed by atoms with van der Waals surface area (Å²) in [6.45, 7) is 5.34. The zero-order valence-electron chi connectivity index (χ0n) is 16.1. The average Bonchev–Trinajstić information content (AvgIpc) is 2.92. The third kappa shape index (κ3) is 1.77. The van der Waals surface area contributed by atoms with Crippen LogP contribution >= 0.6 is 0 Å². The van der Waals surface area contributed by atoms with E-state index in [1.165, 1.54) is 0 Å². The van der Waals surface area contributed by atoms with Crippen LogP contribution in [0.2, 0.25) is 0 Å². The first kappa shape index (κ1) is 19.0. The third-order valence-electron chi connectivity index (χ3n) is 8.82. The highest BCUT2D eigenvalue weighted by atomic mass is 16.7. The standard InChI is InChI=1S/C20H28O8/c1-7-4-10(21)15(24)18(3)9(7)5-11-19-6-27-20(26,17(18)19)14(23)8(2)12(19)13(22)16(25)28-11/h4,8-15,17,21-24,26H,5-6H2,1-3H3/t8-,9-,10-,11-,12+,13-,14+,15-,17+,18+,19-,20-/m0/s1. The molecular formula is C20H28O8. The van der Waals surface area contributed by atoms with Gasteiger partial charge < -0.3 is 35.0 Å². The molecule has 0 aromatic rings. The van der Waals surface area contributed by atoms with E-state index in [1.807, 2.05) is 6.92 Å². The number of hydrogen-bond donors (Lipinski definition) is 5. The Morgan fingerprint density at radius 3 is 2.54 bits per heavy atom. The molecule has 3 aliphatic carbocycles. The van der Waals surface area contributed by atoms with Crippen molar-refractivity contribution in [2.45, 2.75) is 63.5 Å². The molecule has 4 fully saturated rings. The minimum atomic E-state index is -1.97. The van der Waals surface area contributed by atoms with Crippen molar-refractivity contribution in [2.24, 2.45) is 34.5 Å². The zero-order valence-corrected chi connectivity index (χ0v) is 16.1. The van der Waals surface area contributed by atoms with Gasteiger partial charge in [-0.2, -0.15) is 0 Å². The lowest BCUT2D eigenvalue weighted by atomic mass is 9.38. The van der Waals surface area contributed by atoms with E-state index in [9.17, 15) is 30.3 Å². The van der Waals surface area contributed by atoms with E-state index in [0.717, 1.165) is 5.57 Å². The molecule has 5 rings (SSSR count). The number of aliphatic hydroxyl groups excluding tert-OH is 4. The highest BCUT2D eigenvalue weighted by Crippen LogP contribution is 2.73. The fourth-order valence-electron chi connectivity index (χ4n) is 7.80. The van der Waals surface area contributed by atoms with Gasteiger partial charge in [0.1, 0.15) is 12.2 Å². The summed E-state index contributed by atoms with van der Waals surface area (Å²) in [6.07, 6.45) is -3.75. The first-order valence-electron chi connectivity index (χ1n) is 9.98. The van der Waals surface area contributed by atoms with E-state index in [-0.39, 0.29) is 12.5 Å². The van der Waals surface area contributed by atoms with E-state index in [2.05, 4.69) is 0 Å². The number of allylic oxidation sites excluding steroid dienone is 1. The second kappa shape index (κ2) is 5.36. The Kier molecular flexibility index (Phi) is 3.63. The number of fused-ring (bicyclic) bond motifs is 1. The highest BCUT2D eigenvalue weighted by molar-refractivity contribution is 5.76. The minimum Gasteiger partial charge on any atom is -0.460 e. The van der Waals surface area contributed by atoms with Gasteiger partial charge in [-0.1, -0.05) is 25.5 Å². The van der Waals surface area contributed by atoms with Crippen molar-refractivity contribution >= 4 is 5.97 Å². The molecule has 12 atom stereocenters. The van der Waals surface area contributed by atoms with Crippen LogP contribution in [0.4, 0.5) is 0 Å². The first-order chi connectivity index (χ1) is 13.0. The van der Waals surface area contributed by atoms with Crippen molar-refractivity contribution in [3.63, 3.8) is 0 Å². The van der Waals surface area contributed by atoms with Gasteiger partial charge in [-0.3, -0.25) is 0 Å². The molecule has 0 aromatic heterocycles. The van der Waals surface area contributed by atoms with Crippen molar-refractivity contribution in [3.05, 3.63) is 11.6 Å². The molecule has 0 radical (unpaired) electrons. The molecule has 2 saturated heterocycles. The topological polar surface area (TPSA) is 137 Å². The van der Waals surface area contributed by atoms with Crippen LogP contribution in [-0.4, -0.2) is 74.4 Å². The number of aliphatic hydroxyl groups is 5. The van der Waals surface area contributed by atoms with Gasteiger partial charge in [0.05, 0.1) is 18.8 Å². The Morgan fingerprint density at radius 1 is 1.18 bits per heavy atom. The third-order valence-corrected chi connectivity index (χ3v) is 8.82. The maximum Gasteiger partial charge on any atom is 0.335 e. The molecule has 2 heterocycles. The number of carbonyl (C=O) groups is 1. The minimum absolute atomic E-state index is 0.00310. The van der Waals surface area contributed by atoms with Crippen LogP contribution in [0, 0.1) is 34.5 Å². The molecule has 1 spiro atoms. The summed E-state index contributed by atoms with van der Waals surface area (Å²) in [6, 6.07) is 0. The zero-order chi connectivity index (χ0) is 20.4. The second-order valence-corrected chi connectivity index (χ2v) is 9.79.